The van der Waals surface area contributed by atoms with Crippen LogP contribution in [0.2, 0.25) is 10.0 Å². The number of sulfonamides is 1. The lowest BCUT2D eigenvalue weighted by molar-refractivity contribution is 0.581. The van der Waals surface area contributed by atoms with Gasteiger partial charge in [-0.25, -0.2) is 23.1 Å². The number of nitrogens with one attached hydrogen (secondary N) is 1. The van der Waals surface area contributed by atoms with Crippen LogP contribution < -0.4 is 9.62 Å². The summed E-state index contributed by atoms with van der Waals surface area (Å²) in [6, 6.07) is 13.7. The summed E-state index contributed by atoms with van der Waals surface area (Å²) in [5.41, 5.74) is 3.48. The number of anilines is 2. The summed E-state index contributed by atoms with van der Waals surface area (Å²) in [6.45, 7) is 3.98. The summed E-state index contributed by atoms with van der Waals surface area (Å²) in [4.78, 5) is 10.8. The average Bonchev–Trinajstić information content (AvgIpc) is 2.65. The molecule has 3 aromatic rings. The monoisotopic (exact) mass is 450 g/mol. The fraction of sp³-hybridized carbons (Fsp3) is 0.200. The van der Waals surface area contributed by atoms with Crippen LogP contribution in [0.15, 0.2) is 53.4 Å². The molecule has 2 aromatic carbocycles. The van der Waals surface area contributed by atoms with Crippen molar-refractivity contribution in [1.29, 1.82) is 0 Å². The van der Waals surface area contributed by atoms with E-state index in [1.165, 1.54) is 18.2 Å². The summed E-state index contributed by atoms with van der Waals surface area (Å²) in [6.07, 6.45) is 0. The Bertz CT molecular complexity index is 1120. The minimum absolute atomic E-state index is 0.00751. The molecule has 0 fully saturated rings. The molecule has 1 N–H and O–H groups in total. The Hall–Kier alpha value is -2.19. The van der Waals surface area contributed by atoms with E-state index in [1.807, 2.05) is 56.1 Å². The van der Waals surface area contributed by atoms with Crippen LogP contribution >= 0.6 is 23.2 Å². The normalized spacial score (nSPS) is 11.5. The molecule has 0 radical (unpaired) electrons. The third kappa shape index (κ3) is 5.25. The Morgan fingerprint density at radius 1 is 0.966 bits per heavy atom. The molecule has 0 saturated carbocycles. The molecule has 0 amide bonds. The van der Waals surface area contributed by atoms with E-state index in [2.05, 4.69) is 14.7 Å². The highest BCUT2D eigenvalue weighted by Gasteiger charge is 2.18. The number of hydrogen-bond acceptors (Lipinski definition) is 5. The van der Waals surface area contributed by atoms with Crippen molar-refractivity contribution in [3.63, 3.8) is 0 Å². The van der Waals surface area contributed by atoms with Crippen molar-refractivity contribution in [3.05, 3.63) is 75.5 Å². The zero-order chi connectivity index (χ0) is 21.2. The maximum Gasteiger partial charge on any atom is 0.242 e. The number of aryl methyl sites for hydroxylation is 2. The zero-order valence-corrected chi connectivity index (χ0v) is 18.5. The van der Waals surface area contributed by atoms with E-state index in [9.17, 15) is 8.42 Å². The Labute approximate surface area is 180 Å². The Morgan fingerprint density at radius 2 is 1.59 bits per heavy atom. The third-order valence-electron chi connectivity index (χ3n) is 4.24. The maximum absolute atomic E-state index is 12.5. The molecule has 29 heavy (non-hydrogen) atoms. The first kappa shape index (κ1) is 21.5. The highest BCUT2D eigenvalue weighted by molar-refractivity contribution is 7.89. The van der Waals surface area contributed by atoms with E-state index < -0.39 is 10.0 Å². The summed E-state index contributed by atoms with van der Waals surface area (Å²) in [5.74, 6) is 0.605. The molecular weight excluding hydrogens is 431 g/mol. The topological polar surface area (TPSA) is 75.2 Å². The van der Waals surface area contributed by atoms with Crippen molar-refractivity contribution in [1.82, 2.24) is 14.7 Å². The zero-order valence-electron chi connectivity index (χ0n) is 16.1. The highest BCUT2D eigenvalue weighted by Crippen LogP contribution is 2.25. The minimum atomic E-state index is -3.76. The lowest BCUT2D eigenvalue weighted by Crippen LogP contribution is -2.23. The van der Waals surface area contributed by atoms with Crippen LogP contribution in [-0.2, 0) is 16.6 Å². The molecule has 1 heterocycles. The smallest absolute Gasteiger partial charge is 0.242 e. The van der Waals surface area contributed by atoms with Gasteiger partial charge >= 0.3 is 0 Å². The second-order valence-electron chi connectivity index (χ2n) is 6.58. The Balaban J connectivity index is 1.72. The highest BCUT2D eigenvalue weighted by atomic mass is 35.5. The summed E-state index contributed by atoms with van der Waals surface area (Å²) >= 11 is 11.8. The van der Waals surface area contributed by atoms with E-state index in [1.54, 1.807) is 0 Å². The van der Waals surface area contributed by atoms with Crippen molar-refractivity contribution in [3.8, 4) is 0 Å². The molecule has 0 aliphatic rings. The van der Waals surface area contributed by atoms with Crippen LogP contribution in [0.4, 0.5) is 11.6 Å². The van der Waals surface area contributed by atoms with Crippen molar-refractivity contribution < 1.29 is 8.42 Å². The Kier molecular flexibility index (Phi) is 6.43. The van der Waals surface area contributed by atoms with Crippen LogP contribution in [0.25, 0.3) is 0 Å². The summed E-state index contributed by atoms with van der Waals surface area (Å²) in [5, 5.41) is 0.455. The number of benzene rings is 2. The first-order valence-corrected chi connectivity index (χ1v) is 11.0. The van der Waals surface area contributed by atoms with Crippen LogP contribution in [-0.4, -0.2) is 25.4 Å². The first-order chi connectivity index (χ1) is 13.7. The number of nitrogens with zero attached hydrogens (tertiary/aromatic N) is 3. The van der Waals surface area contributed by atoms with Gasteiger partial charge in [-0.05, 0) is 55.8 Å². The quantitative estimate of drug-likeness (QED) is 0.591. The molecule has 0 unspecified atom stereocenters. The van der Waals surface area contributed by atoms with E-state index in [-0.39, 0.29) is 16.5 Å². The van der Waals surface area contributed by atoms with Gasteiger partial charge in [0.05, 0.1) is 5.02 Å². The average molecular weight is 451 g/mol. The van der Waals surface area contributed by atoms with E-state index in [0.717, 1.165) is 22.6 Å². The predicted octanol–water partition coefficient (Wildman–Crippen LogP) is 4.65. The number of aromatic nitrogens is 2. The van der Waals surface area contributed by atoms with Crippen LogP contribution in [0.3, 0.4) is 0 Å². The molecule has 0 aliphatic carbocycles. The van der Waals surface area contributed by atoms with Crippen molar-refractivity contribution in [2.45, 2.75) is 25.3 Å². The predicted molar refractivity (Wildman–Crippen MR) is 116 cm³/mol. The van der Waals surface area contributed by atoms with E-state index in [4.69, 9.17) is 23.2 Å². The van der Waals surface area contributed by atoms with Gasteiger partial charge in [-0.3, -0.25) is 0 Å². The molecule has 0 atom stereocenters. The third-order valence-corrected chi connectivity index (χ3v) is 6.36. The molecular formula is C20H20Cl2N4O2S. The Morgan fingerprint density at radius 3 is 2.17 bits per heavy atom. The number of rotatable bonds is 6. The van der Waals surface area contributed by atoms with Gasteiger partial charge in [0.15, 0.2) is 0 Å². The second kappa shape index (κ2) is 8.67. The molecule has 0 bridgehead atoms. The van der Waals surface area contributed by atoms with Crippen LogP contribution in [0.5, 0.6) is 0 Å². The van der Waals surface area contributed by atoms with Crippen molar-refractivity contribution in [2.75, 3.05) is 11.9 Å². The number of hydrogen-bond donors (Lipinski definition) is 1. The van der Waals surface area contributed by atoms with Crippen LogP contribution in [0, 0.1) is 13.8 Å². The van der Waals surface area contributed by atoms with Gasteiger partial charge in [-0.1, -0.05) is 35.3 Å². The van der Waals surface area contributed by atoms with Gasteiger partial charge in [-0.15, -0.1) is 0 Å². The van der Waals surface area contributed by atoms with Gasteiger partial charge in [0.2, 0.25) is 16.0 Å². The largest absolute Gasteiger partial charge is 0.314 e. The molecule has 6 nitrogen and oxygen atoms in total. The summed E-state index contributed by atoms with van der Waals surface area (Å²) < 4.78 is 27.5. The molecule has 0 spiro atoms. The minimum Gasteiger partial charge on any atom is -0.314 e. The molecule has 0 saturated heterocycles. The fourth-order valence-corrected chi connectivity index (χ4v) is 4.55. The fourth-order valence-electron chi connectivity index (χ4n) is 2.76. The molecule has 3 rings (SSSR count). The standard InChI is InChI=1S/C20H20Cl2N4O2S/c1-13-10-14(2)25-20(24-13)26(3)17-7-4-15(5-8-17)12-23-29(27,28)19-9-6-16(21)11-18(19)22/h4-11,23H,12H2,1-3H3. The second-order valence-corrected chi connectivity index (χ2v) is 9.15. The van der Waals surface area contributed by atoms with E-state index >= 15 is 0 Å². The molecule has 0 aliphatic heterocycles. The van der Waals surface area contributed by atoms with Crippen molar-refractivity contribution in [2.24, 2.45) is 0 Å². The van der Waals surface area contributed by atoms with Gasteiger partial charge in [0, 0.05) is 35.7 Å². The summed E-state index contributed by atoms with van der Waals surface area (Å²) in [7, 11) is -1.87. The molecule has 9 heteroatoms. The van der Waals surface area contributed by atoms with E-state index in [0.29, 0.717) is 11.0 Å². The van der Waals surface area contributed by atoms with Gasteiger partial charge in [0.1, 0.15) is 4.90 Å². The van der Waals surface area contributed by atoms with Crippen molar-refractivity contribution >= 4 is 44.9 Å². The maximum atomic E-state index is 12.5. The van der Waals surface area contributed by atoms with Gasteiger partial charge in [-0.2, -0.15) is 0 Å². The van der Waals surface area contributed by atoms with Gasteiger partial charge in [0.25, 0.3) is 0 Å². The van der Waals surface area contributed by atoms with Crippen LogP contribution in [0.1, 0.15) is 17.0 Å². The lowest BCUT2D eigenvalue weighted by atomic mass is 10.2. The first-order valence-electron chi connectivity index (χ1n) is 8.75. The SMILES string of the molecule is Cc1cc(C)nc(N(C)c2ccc(CNS(=O)(=O)c3ccc(Cl)cc3Cl)cc2)n1. The lowest BCUT2D eigenvalue weighted by Gasteiger charge is -2.18. The van der Waals surface area contributed by atoms with Gasteiger partial charge < -0.3 is 4.90 Å². The molecule has 1 aromatic heterocycles. The molecule has 152 valence electrons. The number of halogens is 2.